The van der Waals surface area contributed by atoms with Gasteiger partial charge in [0.05, 0.1) is 25.1 Å². The van der Waals surface area contributed by atoms with Gasteiger partial charge in [0.2, 0.25) is 0 Å². The van der Waals surface area contributed by atoms with Crippen LogP contribution in [0.3, 0.4) is 0 Å². The summed E-state index contributed by atoms with van der Waals surface area (Å²) in [5, 5.41) is 7.96. The number of amides is 1. The third-order valence-electron chi connectivity index (χ3n) is 3.10. The van der Waals surface area contributed by atoms with E-state index >= 15 is 0 Å². The molecule has 0 saturated carbocycles. The normalized spacial score (nSPS) is 15.3. The van der Waals surface area contributed by atoms with Crippen LogP contribution < -0.4 is 0 Å². The topological polar surface area (TPSA) is 60.2 Å². The minimum atomic E-state index is -0.100. The van der Waals surface area contributed by atoms with E-state index in [1.165, 1.54) is 0 Å². The lowest BCUT2D eigenvalue weighted by molar-refractivity contribution is 0.0299. The van der Waals surface area contributed by atoms with Gasteiger partial charge in [-0.05, 0) is 24.3 Å². The minimum absolute atomic E-state index is 0.100. The Morgan fingerprint density at radius 2 is 1.90 bits per heavy atom. The molecule has 2 aromatic rings. The van der Waals surface area contributed by atoms with Crippen LogP contribution in [0.25, 0.3) is 5.69 Å². The molecule has 6 nitrogen and oxygen atoms in total. The largest absolute Gasteiger partial charge is 0.378 e. The molecule has 0 radical (unpaired) electrons. The fourth-order valence-corrected chi connectivity index (χ4v) is 2.27. The summed E-state index contributed by atoms with van der Waals surface area (Å²) >= 11 is 3.38. The molecule has 1 aromatic carbocycles. The lowest BCUT2D eigenvalue weighted by Crippen LogP contribution is -2.40. The molecule has 3 rings (SSSR count). The number of morpholine rings is 1. The van der Waals surface area contributed by atoms with Gasteiger partial charge in [0.1, 0.15) is 0 Å². The zero-order valence-corrected chi connectivity index (χ0v) is 12.3. The van der Waals surface area contributed by atoms with Gasteiger partial charge in [-0.15, -0.1) is 5.10 Å². The van der Waals surface area contributed by atoms with Gasteiger partial charge in [-0.1, -0.05) is 21.1 Å². The number of hydrogen-bond acceptors (Lipinski definition) is 4. The number of hydrogen-bond donors (Lipinski definition) is 0. The first-order valence-corrected chi connectivity index (χ1v) is 7.08. The van der Waals surface area contributed by atoms with E-state index in [1.54, 1.807) is 15.8 Å². The van der Waals surface area contributed by atoms with Crippen LogP contribution in [0.15, 0.2) is 34.9 Å². The van der Waals surface area contributed by atoms with Gasteiger partial charge in [0.25, 0.3) is 5.91 Å². The summed E-state index contributed by atoms with van der Waals surface area (Å²) < 4.78 is 7.82. The highest BCUT2D eigenvalue weighted by atomic mass is 79.9. The smallest absolute Gasteiger partial charge is 0.276 e. The first-order valence-electron chi connectivity index (χ1n) is 6.29. The molecule has 1 fully saturated rings. The maximum Gasteiger partial charge on any atom is 0.276 e. The van der Waals surface area contributed by atoms with Crippen LogP contribution in [-0.2, 0) is 4.74 Å². The molecule has 2 heterocycles. The summed E-state index contributed by atoms with van der Waals surface area (Å²) in [7, 11) is 0. The van der Waals surface area contributed by atoms with Crippen LogP contribution in [0.4, 0.5) is 0 Å². The van der Waals surface area contributed by atoms with Crippen LogP contribution >= 0.6 is 15.9 Å². The molecule has 1 aromatic heterocycles. The van der Waals surface area contributed by atoms with Crippen molar-refractivity contribution in [1.82, 2.24) is 19.9 Å². The highest BCUT2D eigenvalue weighted by Gasteiger charge is 2.21. The minimum Gasteiger partial charge on any atom is -0.378 e. The summed E-state index contributed by atoms with van der Waals surface area (Å²) in [4.78, 5) is 14.0. The van der Waals surface area contributed by atoms with Gasteiger partial charge < -0.3 is 9.64 Å². The summed E-state index contributed by atoms with van der Waals surface area (Å²) in [5.74, 6) is -0.100. The van der Waals surface area contributed by atoms with Crippen molar-refractivity contribution in [2.45, 2.75) is 0 Å². The van der Waals surface area contributed by atoms with Crippen molar-refractivity contribution >= 4 is 21.8 Å². The molecule has 1 aliphatic heterocycles. The van der Waals surface area contributed by atoms with Crippen molar-refractivity contribution in [3.8, 4) is 5.69 Å². The molecule has 1 amide bonds. The maximum atomic E-state index is 12.2. The molecule has 0 unspecified atom stereocenters. The number of benzene rings is 1. The number of carbonyl (C=O) groups excluding carboxylic acids is 1. The molecule has 0 spiro atoms. The Balaban J connectivity index is 1.79. The van der Waals surface area contributed by atoms with Gasteiger partial charge in [0, 0.05) is 17.6 Å². The molecule has 1 aliphatic rings. The average molecular weight is 337 g/mol. The van der Waals surface area contributed by atoms with E-state index in [0.717, 1.165) is 10.2 Å². The van der Waals surface area contributed by atoms with Gasteiger partial charge in [-0.25, -0.2) is 4.68 Å². The summed E-state index contributed by atoms with van der Waals surface area (Å²) in [6.07, 6.45) is 1.65. The molecule has 0 bridgehead atoms. The van der Waals surface area contributed by atoms with Gasteiger partial charge in [-0.2, -0.15) is 0 Å². The van der Waals surface area contributed by atoms with Crippen molar-refractivity contribution in [2.75, 3.05) is 26.3 Å². The third kappa shape index (κ3) is 2.73. The Labute approximate surface area is 124 Å². The first-order chi connectivity index (χ1) is 9.74. The zero-order chi connectivity index (χ0) is 13.9. The van der Waals surface area contributed by atoms with E-state index in [1.807, 2.05) is 24.3 Å². The van der Waals surface area contributed by atoms with Crippen molar-refractivity contribution in [3.63, 3.8) is 0 Å². The molecule has 104 valence electrons. The van der Waals surface area contributed by atoms with Crippen LogP contribution in [0, 0.1) is 0 Å². The Hall–Kier alpha value is -1.73. The van der Waals surface area contributed by atoms with Crippen LogP contribution in [-0.4, -0.2) is 52.1 Å². The Morgan fingerprint density at radius 3 is 2.60 bits per heavy atom. The number of ether oxygens (including phenoxy) is 1. The SMILES string of the molecule is O=C(c1cn(-c2ccc(Br)cc2)nn1)N1CCOCC1. The van der Waals surface area contributed by atoms with E-state index in [0.29, 0.717) is 32.0 Å². The molecule has 20 heavy (non-hydrogen) atoms. The summed E-state index contributed by atoms with van der Waals surface area (Å²) in [5.41, 5.74) is 1.22. The molecular weight excluding hydrogens is 324 g/mol. The predicted octanol–water partition coefficient (Wildman–Crippen LogP) is 1.50. The lowest BCUT2D eigenvalue weighted by Gasteiger charge is -2.25. The molecule has 0 N–H and O–H groups in total. The Kier molecular flexibility index (Phi) is 3.79. The highest BCUT2D eigenvalue weighted by Crippen LogP contribution is 2.14. The van der Waals surface area contributed by atoms with Crippen molar-refractivity contribution in [3.05, 3.63) is 40.6 Å². The Bertz CT molecular complexity index is 605. The second-order valence-electron chi connectivity index (χ2n) is 4.43. The third-order valence-corrected chi connectivity index (χ3v) is 3.63. The Morgan fingerprint density at radius 1 is 1.20 bits per heavy atom. The van der Waals surface area contributed by atoms with E-state index in [9.17, 15) is 4.79 Å². The molecular formula is C13H13BrN4O2. The van der Waals surface area contributed by atoms with E-state index in [4.69, 9.17) is 4.74 Å². The molecule has 0 atom stereocenters. The second-order valence-corrected chi connectivity index (χ2v) is 5.35. The summed E-state index contributed by atoms with van der Waals surface area (Å²) in [6.45, 7) is 2.35. The number of nitrogens with zero attached hydrogens (tertiary/aromatic N) is 4. The van der Waals surface area contributed by atoms with E-state index in [2.05, 4.69) is 26.2 Å². The fourth-order valence-electron chi connectivity index (χ4n) is 2.01. The van der Waals surface area contributed by atoms with Crippen LogP contribution in [0.2, 0.25) is 0 Å². The monoisotopic (exact) mass is 336 g/mol. The van der Waals surface area contributed by atoms with Crippen molar-refractivity contribution in [1.29, 1.82) is 0 Å². The second kappa shape index (κ2) is 5.72. The van der Waals surface area contributed by atoms with E-state index in [-0.39, 0.29) is 5.91 Å². The van der Waals surface area contributed by atoms with Gasteiger partial charge in [-0.3, -0.25) is 4.79 Å². The number of halogens is 1. The lowest BCUT2D eigenvalue weighted by atomic mass is 10.3. The quantitative estimate of drug-likeness (QED) is 0.833. The molecule has 0 aliphatic carbocycles. The van der Waals surface area contributed by atoms with Crippen LogP contribution in [0.1, 0.15) is 10.5 Å². The highest BCUT2D eigenvalue weighted by molar-refractivity contribution is 9.10. The van der Waals surface area contributed by atoms with Gasteiger partial charge in [0.15, 0.2) is 5.69 Å². The van der Waals surface area contributed by atoms with Crippen molar-refractivity contribution in [2.24, 2.45) is 0 Å². The molecule has 7 heteroatoms. The maximum absolute atomic E-state index is 12.2. The van der Waals surface area contributed by atoms with Crippen molar-refractivity contribution < 1.29 is 9.53 Å². The first kappa shape index (κ1) is 13.3. The van der Waals surface area contributed by atoms with E-state index < -0.39 is 0 Å². The van der Waals surface area contributed by atoms with Gasteiger partial charge >= 0.3 is 0 Å². The number of aromatic nitrogens is 3. The zero-order valence-electron chi connectivity index (χ0n) is 10.7. The summed E-state index contributed by atoms with van der Waals surface area (Å²) in [6, 6.07) is 7.64. The average Bonchev–Trinajstić information content (AvgIpc) is 2.98. The number of carbonyl (C=O) groups is 1. The standard InChI is InChI=1S/C13H13BrN4O2/c14-10-1-3-11(4-2-10)18-9-12(15-16-18)13(19)17-5-7-20-8-6-17/h1-4,9H,5-8H2. The molecule has 1 saturated heterocycles. The predicted molar refractivity (Wildman–Crippen MR) is 75.8 cm³/mol. The van der Waals surface area contributed by atoms with Crippen LogP contribution in [0.5, 0.6) is 0 Å². The number of rotatable bonds is 2. The fraction of sp³-hybridized carbons (Fsp3) is 0.308.